The lowest BCUT2D eigenvalue weighted by atomic mass is 9.96. The molecule has 5 heteroatoms. The van der Waals surface area contributed by atoms with Crippen molar-refractivity contribution in [3.8, 4) is 0 Å². The second kappa shape index (κ2) is 9.96. The lowest BCUT2D eigenvalue weighted by molar-refractivity contribution is -0.128. The lowest BCUT2D eigenvalue weighted by Gasteiger charge is -2.20. The Morgan fingerprint density at radius 2 is 1.75 bits per heavy atom. The van der Waals surface area contributed by atoms with Gasteiger partial charge in [0.25, 0.3) is 0 Å². The Kier molecular flexibility index (Phi) is 8.30. The maximum atomic E-state index is 11.8. The van der Waals surface area contributed by atoms with E-state index in [4.69, 9.17) is 0 Å². The smallest absolute Gasteiger partial charge is 0.225 e. The van der Waals surface area contributed by atoms with Gasteiger partial charge in [-0.15, -0.1) is 0 Å². The van der Waals surface area contributed by atoms with Crippen LogP contribution in [-0.2, 0) is 11.2 Å². The third-order valence-electron chi connectivity index (χ3n) is 3.70. The second-order valence-electron chi connectivity index (χ2n) is 7.07. The van der Waals surface area contributed by atoms with Gasteiger partial charge in [-0.2, -0.15) is 0 Å². The number of hydrogen-bond donors (Lipinski definition) is 3. The Morgan fingerprint density at radius 3 is 2.33 bits per heavy atom. The fourth-order valence-corrected chi connectivity index (χ4v) is 2.15. The summed E-state index contributed by atoms with van der Waals surface area (Å²) in [5, 5.41) is 9.53. The third-order valence-corrected chi connectivity index (χ3v) is 3.70. The summed E-state index contributed by atoms with van der Waals surface area (Å²) in [6.45, 7) is 9.10. The van der Waals surface area contributed by atoms with E-state index in [-0.39, 0.29) is 11.3 Å². The van der Waals surface area contributed by atoms with Crippen molar-refractivity contribution in [3.05, 3.63) is 35.9 Å². The van der Waals surface area contributed by atoms with E-state index in [2.05, 4.69) is 52.1 Å². The number of hydrogen-bond acceptors (Lipinski definition) is 2. The standard InChI is InChI=1S/C19H32N4O/c1-15(11-12-16-9-7-6-8-10-16)23-18(20-5)22-14-13-21-17(24)19(2,3)4/h6-10,15H,11-14H2,1-5H3,(H,21,24)(H2,20,22,23). The molecule has 0 radical (unpaired) electrons. The van der Waals surface area contributed by atoms with Gasteiger partial charge in [-0.3, -0.25) is 9.79 Å². The number of carbonyl (C=O) groups is 1. The topological polar surface area (TPSA) is 65.5 Å². The summed E-state index contributed by atoms with van der Waals surface area (Å²) in [7, 11) is 1.76. The number of aryl methyl sites for hydroxylation is 1. The van der Waals surface area contributed by atoms with Crippen LogP contribution >= 0.6 is 0 Å². The summed E-state index contributed by atoms with van der Waals surface area (Å²) in [5.41, 5.74) is 0.991. The molecule has 0 bridgehead atoms. The number of aliphatic imine (C=N–C) groups is 1. The SMILES string of the molecule is CN=C(NCCNC(=O)C(C)(C)C)NC(C)CCc1ccccc1. The monoisotopic (exact) mass is 332 g/mol. The predicted molar refractivity (Wildman–Crippen MR) is 101 cm³/mol. The van der Waals surface area contributed by atoms with Gasteiger partial charge in [-0.25, -0.2) is 0 Å². The van der Waals surface area contributed by atoms with Gasteiger partial charge in [0, 0.05) is 31.6 Å². The molecule has 0 saturated carbocycles. The van der Waals surface area contributed by atoms with Crippen molar-refractivity contribution in [2.45, 2.75) is 46.6 Å². The van der Waals surface area contributed by atoms with E-state index in [0.29, 0.717) is 19.1 Å². The first-order valence-corrected chi connectivity index (χ1v) is 8.62. The lowest BCUT2D eigenvalue weighted by Crippen LogP contribution is -2.46. The van der Waals surface area contributed by atoms with Crippen LogP contribution in [0.3, 0.4) is 0 Å². The second-order valence-corrected chi connectivity index (χ2v) is 7.07. The predicted octanol–water partition coefficient (Wildman–Crippen LogP) is 2.33. The highest BCUT2D eigenvalue weighted by molar-refractivity contribution is 5.81. The van der Waals surface area contributed by atoms with Crippen LogP contribution in [0.2, 0.25) is 0 Å². The number of guanidine groups is 1. The molecule has 24 heavy (non-hydrogen) atoms. The first-order valence-electron chi connectivity index (χ1n) is 8.62. The van der Waals surface area contributed by atoms with Crippen molar-refractivity contribution in [3.63, 3.8) is 0 Å². The van der Waals surface area contributed by atoms with Crippen molar-refractivity contribution in [1.82, 2.24) is 16.0 Å². The Balaban J connectivity index is 2.25. The van der Waals surface area contributed by atoms with E-state index in [1.807, 2.05) is 26.8 Å². The van der Waals surface area contributed by atoms with Crippen LogP contribution in [0, 0.1) is 5.41 Å². The summed E-state index contributed by atoms with van der Waals surface area (Å²) >= 11 is 0. The molecule has 134 valence electrons. The number of benzene rings is 1. The molecule has 0 aliphatic heterocycles. The van der Waals surface area contributed by atoms with Crippen LogP contribution in [0.5, 0.6) is 0 Å². The van der Waals surface area contributed by atoms with Crippen LogP contribution in [0.15, 0.2) is 35.3 Å². The maximum absolute atomic E-state index is 11.8. The van der Waals surface area contributed by atoms with Crippen molar-refractivity contribution < 1.29 is 4.79 Å². The van der Waals surface area contributed by atoms with E-state index in [0.717, 1.165) is 18.8 Å². The van der Waals surface area contributed by atoms with Crippen LogP contribution < -0.4 is 16.0 Å². The Labute approximate surface area is 146 Å². The minimum absolute atomic E-state index is 0.0588. The van der Waals surface area contributed by atoms with Crippen molar-refractivity contribution in [2.24, 2.45) is 10.4 Å². The van der Waals surface area contributed by atoms with Crippen molar-refractivity contribution >= 4 is 11.9 Å². The third kappa shape index (κ3) is 7.99. The van der Waals surface area contributed by atoms with E-state index >= 15 is 0 Å². The van der Waals surface area contributed by atoms with Gasteiger partial charge in [0.15, 0.2) is 5.96 Å². The maximum Gasteiger partial charge on any atom is 0.225 e. The number of amides is 1. The van der Waals surface area contributed by atoms with Gasteiger partial charge in [0.1, 0.15) is 0 Å². The number of rotatable bonds is 7. The summed E-state index contributed by atoms with van der Waals surface area (Å²) in [4.78, 5) is 16.0. The molecule has 0 aliphatic carbocycles. The number of nitrogens with zero attached hydrogens (tertiary/aromatic N) is 1. The quantitative estimate of drug-likeness (QED) is 0.408. The van der Waals surface area contributed by atoms with Crippen molar-refractivity contribution in [1.29, 1.82) is 0 Å². The average molecular weight is 332 g/mol. The van der Waals surface area contributed by atoms with E-state index in [1.165, 1.54) is 5.56 Å². The highest BCUT2D eigenvalue weighted by Crippen LogP contribution is 2.11. The molecule has 1 amide bonds. The van der Waals surface area contributed by atoms with Crippen LogP contribution in [-0.4, -0.2) is 38.0 Å². The molecule has 0 spiro atoms. The number of nitrogens with one attached hydrogen (secondary N) is 3. The molecule has 1 rings (SSSR count). The van der Waals surface area contributed by atoms with Gasteiger partial charge in [-0.1, -0.05) is 51.1 Å². The van der Waals surface area contributed by atoms with Crippen molar-refractivity contribution in [2.75, 3.05) is 20.1 Å². The molecule has 5 nitrogen and oxygen atoms in total. The first kappa shape index (κ1) is 20.0. The van der Waals surface area contributed by atoms with Gasteiger partial charge >= 0.3 is 0 Å². The Morgan fingerprint density at radius 1 is 1.12 bits per heavy atom. The molecule has 1 aromatic carbocycles. The number of carbonyl (C=O) groups excluding carboxylic acids is 1. The summed E-state index contributed by atoms with van der Waals surface area (Å²) in [6.07, 6.45) is 2.07. The zero-order chi connectivity index (χ0) is 18.0. The highest BCUT2D eigenvalue weighted by atomic mass is 16.2. The van der Waals surface area contributed by atoms with Gasteiger partial charge in [0.2, 0.25) is 5.91 Å². The fraction of sp³-hybridized carbons (Fsp3) is 0.579. The molecule has 0 saturated heterocycles. The zero-order valence-electron chi connectivity index (χ0n) is 15.6. The normalized spacial score (nSPS) is 13.3. The van der Waals surface area contributed by atoms with Crippen LogP contribution in [0.25, 0.3) is 0 Å². The first-order chi connectivity index (χ1) is 11.3. The minimum Gasteiger partial charge on any atom is -0.355 e. The zero-order valence-corrected chi connectivity index (χ0v) is 15.6. The fourth-order valence-electron chi connectivity index (χ4n) is 2.15. The Hall–Kier alpha value is -2.04. The van der Waals surface area contributed by atoms with Gasteiger partial charge < -0.3 is 16.0 Å². The summed E-state index contributed by atoms with van der Waals surface area (Å²) < 4.78 is 0. The van der Waals surface area contributed by atoms with E-state index in [1.54, 1.807) is 7.05 Å². The largest absolute Gasteiger partial charge is 0.355 e. The molecule has 0 fully saturated rings. The summed E-state index contributed by atoms with van der Waals surface area (Å²) in [5.74, 6) is 0.823. The molecule has 1 aromatic rings. The molecular weight excluding hydrogens is 300 g/mol. The van der Waals surface area contributed by atoms with E-state index in [9.17, 15) is 4.79 Å². The van der Waals surface area contributed by atoms with Gasteiger partial charge in [-0.05, 0) is 25.3 Å². The van der Waals surface area contributed by atoms with E-state index < -0.39 is 0 Å². The molecule has 3 N–H and O–H groups in total. The average Bonchev–Trinajstić information content (AvgIpc) is 2.55. The summed E-state index contributed by atoms with van der Waals surface area (Å²) in [6, 6.07) is 10.8. The molecule has 0 aromatic heterocycles. The minimum atomic E-state index is -0.355. The van der Waals surface area contributed by atoms with Crippen LogP contribution in [0.1, 0.15) is 39.7 Å². The molecular formula is C19H32N4O. The molecule has 0 heterocycles. The molecule has 0 aliphatic rings. The molecule has 1 unspecified atom stereocenters. The van der Waals surface area contributed by atoms with Gasteiger partial charge in [0.05, 0.1) is 0 Å². The molecule has 1 atom stereocenters. The highest BCUT2D eigenvalue weighted by Gasteiger charge is 2.20. The Bertz CT molecular complexity index is 520. The van der Waals surface area contributed by atoms with Crippen LogP contribution in [0.4, 0.5) is 0 Å².